The number of amides is 1. The Labute approximate surface area is 157 Å². The molecule has 3 rings (SSSR count). The van der Waals surface area contributed by atoms with Gasteiger partial charge in [0, 0.05) is 23.6 Å². The van der Waals surface area contributed by atoms with Gasteiger partial charge in [-0.15, -0.1) is 0 Å². The van der Waals surface area contributed by atoms with Crippen molar-refractivity contribution in [3.63, 3.8) is 0 Å². The second-order valence-electron chi connectivity index (χ2n) is 6.39. The van der Waals surface area contributed by atoms with Crippen molar-refractivity contribution in [2.75, 3.05) is 0 Å². The van der Waals surface area contributed by atoms with Gasteiger partial charge in [0.05, 0.1) is 12.1 Å². The summed E-state index contributed by atoms with van der Waals surface area (Å²) in [4.78, 5) is 29.6. The summed E-state index contributed by atoms with van der Waals surface area (Å²) in [7, 11) is 0. The van der Waals surface area contributed by atoms with Crippen molar-refractivity contribution in [3.05, 3.63) is 80.6 Å². The van der Waals surface area contributed by atoms with Gasteiger partial charge >= 0.3 is 0 Å². The number of hydrogen-bond donors (Lipinski definition) is 1. The summed E-state index contributed by atoms with van der Waals surface area (Å²) in [5.74, 6) is 0.00342. The second-order valence-corrected chi connectivity index (χ2v) is 6.83. The number of aryl methyl sites for hydroxylation is 1. The largest absolute Gasteiger partial charge is 0.334 e. The Morgan fingerprint density at radius 2 is 1.85 bits per heavy atom. The van der Waals surface area contributed by atoms with E-state index in [0.717, 1.165) is 22.0 Å². The van der Waals surface area contributed by atoms with E-state index in [1.165, 1.54) is 0 Å². The smallest absolute Gasteiger partial charge is 0.253 e. The standard InChI is InChI=1S/C21H21ClN2O2/c1-3-19(25)24(12-15-7-9-18(22)10-8-15)13-17-11-16-6-4-5-14(2)20(16)23-21(17)26/h4-11H,3,12-13H2,1-2H3,(H,23,26). The number of rotatable bonds is 5. The minimum atomic E-state index is -0.156. The number of H-pyrrole nitrogens is 1. The molecule has 26 heavy (non-hydrogen) atoms. The van der Waals surface area contributed by atoms with Crippen LogP contribution >= 0.6 is 11.6 Å². The van der Waals surface area contributed by atoms with Gasteiger partial charge in [0.1, 0.15) is 0 Å². The van der Waals surface area contributed by atoms with E-state index in [9.17, 15) is 9.59 Å². The first-order valence-corrected chi connectivity index (χ1v) is 8.99. The minimum Gasteiger partial charge on any atom is -0.334 e. The lowest BCUT2D eigenvalue weighted by Crippen LogP contribution is -2.31. The van der Waals surface area contributed by atoms with E-state index in [0.29, 0.717) is 23.6 Å². The van der Waals surface area contributed by atoms with Gasteiger partial charge in [-0.25, -0.2) is 0 Å². The molecular formula is C21H21ClN2O2. The van der Waals surface area contributed by atoms with Gasteiger partial charge < -0.3 is 9.88 Å². The highest BCUT2D eigenvalue weighted by Gasteiger charge is 2.15. The number of carbonyl (C=O) groups is 1. The van der Waals surface area contributed by atoms with Crippen molar-refractivity contribution < 1.29 is 4.79 Å². The highest BCUT2D eigenvalue weighted by atomic mass is 35.5. The molecule has 5 heteroatoms. The number of nitrogens with zero attached hydrogens (tertiary/aromatic N) is 1. The van der Waals surface area contributed by atoms with Gasteiger partial charge in [-0.2, -0.15) is 0 Å². The monoisotopic (exact) mass is 368 g/mol. The molecule has 0 saturated carbocycles. The number of aromatic nitrogens is 1. The summed E-state index contributed by atoms with van der Waals surface area (Å²) >= 11 is 5.93. The molecule has 0 unspecified atom stereocenters. The topological polar surface area (TPSA) is 53.2 Å². The Bertz CT molecular complexity index is 993. The first-order valence-electron chi connectivity index (χ1n) is 8.61. The molecule has 0 atom stereocenters. The van der Waals surface area contributed by atoms with Crippen LogP contribution in [0.2, 0.25) is 5.02 Å². The van der Waals surface area contributed by atoms with Gasteiger partial charge in [0.15, 0.2) is 0 Å². The molecule has 0 aliphatic rings. The predicted octanol–water partition coefficient (Wildman–Crippen LogP) is 4.43. The van der Waals surface area contributed by atoms with Crippen LogP contribution in [0.5, 0.6) is 0 Å². The zero-order valence-electron chi connectivity index (χ0n) is 14.9. The van der Waals surface area contributed by atoms with Crippen molar-refractivity contribution in [1.82, 2.24) is 9.88 Å². The van der Waals surface area contributed by atoms with Crippen LogP contribution in [-0.2, 0) is 17.9 Å². The Balaban J connectivity index is 1.92. The molecular weight excluding hydrogens is 348 g/mol. The van der Waals surface area contributed by atoms with Crippen LogP contribution in [0.25, 0.3) is 10.9 Å². The van der Waals surface area contributed by atoms with Crippen LogP contribution in [0.15, 0.2) is 53.3 Å². The number of aromatic amines is 1. The molecule has 1 N–H and O–H groups in total. The Morgan fingerprint density at radius 1 is 1.12 bits per heavy atom. The van der Waals surface area contributed by atoms with Crippen LogP contribution in [0, 0.1) is 6.92 Å². The summed E-state index contributed by atoms with van der Waals surface area (Å²) in [6.07, 6.45) is 0.387. The predicted molar refractivity (Wildman–Crippen MR) is 105 cm³/mol. The van der Waals surface area contributed by atoms with Crippen LogP contribution in [0.4, 0.5) is 0 Å². The quantitative estimate of drug-likeness (QED) is 0.724. The fourth-order valence-electron chi connectivity index (χ4n) is 3.02. The van der Waals surface area contributed by atoms with Crippen molar-refractivity contribution in [2.24, 2.45) is 0 Å². The van der Waals surface area contributed by atoms with E-state index in [1.54, 1.807) is 17.0 Å². The van der Waals surface area contributed by atoms with E-state index in [-0.39, 0.29) is 18.0 Å². The van der Waals surface area contributed by atoms with Crippen LogP contribution in [0.3, 0.4) is 0 Å². The zero-order chi connectivity index (χ0) is 18.7. The number of carbonyl (C=O) groups excluding carboxylic acids is 1. The maximum Gasteiger partial charge on any atom is 0.253 e. The number of hydrogen-bond acceptors (Lipinski definition) is 2. The average molecular weight is 369 g/mol. The average Bonchev–Trinajstić information content (AvgIpc) is 2.63. The van der Waals surface area contributed by atoms with E-state index >= 15 is 0 Å². The molecule has 134 valence electrons. The van der Waals surface area contributed by atoms with E-state index in [2.05, 4.69) is 4.98 Å². The Hall–Kier alpha value is -2.59. The molecule has 1 heterocycles. The first-order chi connectivity index (χ1) is 12.5. The van der Waals surface area contributed by atoms with Gasteiger partial charge in [0.25, 0.3) is 5.56 Å². The number of nitrogens with one attached hydrogen (secondary N) is 1. The van der Waals surface area contributed by atoms with Crippen molar-refractivity contribution in [3.8, 4) is 0 Å². The molecule has 0 fully saturated rings. The lowest BCUT2D eigenvalue weighted by Gasteiger charge is -2.22. The third kappa shape index (κ3) is 3.97. The van der Waals surface area contributed by atoms with Gasteiger partial charge in [-0.3, -0.25) is 9.59 Å². The summed E-state index contributed by atoms with van der Waals surface area (Å²) in [6.45, 7) is 4.50. The maximum atomic E-state index is 12.5. The highest BCUT2D eigenvalue weighted by molar-refractivity contribution is 6.30. The molecule has 0 radical (unpaired) electrons. The molecule has 2 aromatic carbocycles. The fourth-order valence-corrected chi connectivity index (χ4v) is 3.14. The van der Waals surface area contributed by atoms with Crippen molar-refractivity contribution >= 4 is 28.4 Å². The summed E-state index contributed by atoms with van der Waals surface area (Å²) in [6, 6.07) is 15.2. The van der Waals surface area contributed by atoms with Crippen molar-refractivity contribution in [2.45, 2.75) is 33.4 Å². The van der Waals surface area contributed by atoms with Gasteiger partial charge in [-0.1, -0.05) is 48.9 Å². The summed E-state index contributed by atoms with van der Waals surface area (Å²) < 4.78 is 0. The third-order valence-corrected chi connectivity index (χ3v) is 4.72. The molecule has 0 spiro atoms. The van der Waals surface area contributed by atoms with E-state index in [1.807, 2.05) is 50.2 Å². The Kier molecular flexibility index (Phi) is 5.43. The van der Waals surface area contributed by atoms with Gasteiger partial charge in [0.2, 0.25) is 5.91 Å². The zero-order valence-corrected chi connectivity index (χ0v) is 15.6. The minimum absolute atomic E-state index is 0.00342. The molecule has 0 bridgehead atoms. The normalized spacial score (nSPS) is 10.9. The molecule has 1 amide bonds. The molecule has 4 nitrogen and oxygen atoms in total. The number of pyridine rings is 1. The summed E-state index contributed by atoms with van der Waals surface area (Å²) in [5, 5.41) is 1.62. The van der Waals surface area contributed by atoms with Gasteiger partial charge in [-0.05, 0) is 41.6 Å². The molecule has 1 aromatic heterocycles. The fraction of sp³-hybridized carbons (Fsp3) is 0.238. The molecule has 0 saturated heterocycles. The molecule has 0 aliphatic carbocycles. The highest BCUT2D eigenvalue weighted by Crippen LogP contribution is 2.17. The Morgan fingerprint density at radius 3 is 2.54 bits per heavy atom. The summed E-state index contributed by atoms with van der Waals surface area (Å²) in [5.41, 5.74) is 3.26. The molecule has 3 aromatic rings. The maximum absolute atomic E-state index is 12.5. The number of benzene rings is 2. The van der Waals surface area contributed by atoms with Crippen LogP contribution in [0.1, 0.15) is 30.0 Å². The van der Waals surface area contributed by atoms with Crippen molar-refractivity contribution in [1.29, 1.82) is 0 Å². The number of fused-ring (bicyclic) bond motifs is 1. The molecule has 0 aliphatic heterocycles. The number of halogens is 1. The number of para-hydroxylation sites is 1. The van der Waals surface area contributed by atoms with E-state index in [4.69, 9.17) is 11.6 Å². The van der Waals surface area contributed by atoms with Crippen LogP contribution in [-0.4, -0.2) is 15.8 Å². The lowest BCUT2D eigenvalue weighted by atomic mass is 10.1. The third-order valence-electron chi connectivity index (χ3n) is 4.47. The lowest BCUT2D eigenvalue weighted by molar-refractivity contribution is -0.132. The van der Waals surface area contributed by atoms with Crippen LogP contribution < -0.4 is 5.56 Å². The SMILES string of the molecule is CCC(=O)N(Cc1ccc(Cl)cc1)Cc1cc2cccc(C)c2[nH]c1=O. The second kappa shape index (κ2) is 7.75. The van der Waals surface area contributed by atoms with E-state index < -0.39 is 0 Å². The first kappa shape index (κ1) is 18.2.